The van der Waals surface area contributed by atoms with E-state index in [2.05, 4.69) is 30.2 Å². The van der Waals surface area contributed by atoms with Gasteiger partial charge in [-0.15, -0.1) is 0 Å². The number of carbonyl (C=O) groups excluding carboxylic acids is 2. The molecule has 2 amide bonds. The SMILES string of the molecule is CCS(=O)(=O)CC[C@H](C(=O)N1CC(F)(F)C(F)(F)C1)c1ccc2[nH]c([C@@H](NC(=O)c3nonc3C)C3CCC(F)(F)CC3)nc2c1F. The Morgan fingerprint density at radius 1 is 1.09 bits per heavy atom. The summed E-state index contributed by atoms with van der Waals surface area (Å²) in [5.41, 5.74) is -0.862. The Hall–Kier alpha value is -3.77. The number of halogens is 7. The highest BCUT2D eigenvalue weighted by molar-refractivity contribution is 7.91. The molecule has 1 saturated carbocycles. The third-order valence-electron chi connectivity index (χ3n) is 8.78. The molecular formula is C28H31F7N6O5S. The van der Waals surface area contributed by atoms with Gasteiger partial charge in [-0.2, -0.15) is 17.6 Å². The van der Waals surface area contributed by atoms with E-state index < -0.39 is 112 Å². The largest absolute Gasteiger partial charge is 0.340 e. The lowest BCUT2D eigenvalue weighted by Crippen LogP contribution is -2.38. The van der Waals surface area contributed by atoms with Crippen molar-refractivity contribution >= 4 is 32.7 Å². The van der Waals surface area contributed by atoms with Gasteiger partial charge in [0.2, 0.25) is 11.8 Å². The first-order valence-corrected chi connectivity index (χ1v) is 16.6. The van der Waals surface area contributed by atoms with Crippen LogP contribution in [0.2, 0.25) is 0 Å². The minimum absolute atomic E-state index is 0.0348. The molecule has 2 aliphatic rings. The van der Waals surface area contributed by atoms with Crippen molar-refractivity contribution in [2.24, 2.45) is 5.92 Å². The van der Waals surface area contributed by atoms with E-state index in [-0.39, 0.29) is 46.2 Å². The number of hydrogen-bond donors (Lipinski definition) is 2. The zero-order valence-electron chi connectivity index (χ0n) is 25.1. The first kappa shape index (κ1) is 34.6. The van der Waals surface area contributed by atoms with E-state index in [0.717, 1.165) is 6.07 Å². The van der Waals surface area contributed by atoms with Gasteiger partial charge >= 0.3 is 11.8 Å². The van der Waals surface area contributed by atoms with E-state index in [1.165, 1.54) is 19.9 Å². The zero-order chi connectivity index (χ0) is 34.5. The molecule has 1 aromatic carbocycles. The number of likely N-dealkylation sites (tertiary alicyclic amines) is 1. The number of nitrogens with one attached hydrogen (secondary N) is 2. The van der Waals surface area contributed by atoms with Crippen molar-refractivity contribution in [3.8, 4) is 0 Å². The van der Waals surface area contributed by atoms with Crippen LogP contribution < -0.4 is 5.32 Å². The van der Waals surface area contributed by atoms with Gasteiger partial charge in [0.25, 0.3) is 5.91 Å². The van der Waals surface area contributed by atoms with Gasteiger partial charge in [-0.25, -0.2) is 31.2 Å². The fraction of sp³-hybridized carbons (Fsp3) is 0.607. The quantitative estimate of drug-likeness (QED) is 0.290. The lowest BCUT2D eigenvalue weighted by Gasteiger charge is -2.33. The van der Waals surface area contributed by atoms with Crippen molar-refractivity contribution in [3.63, 3.8) is 0 Å². The number of aromatic amines is 1. The standard InChI is InChI=1S/C28H31F7N6O5S/c1-3-47(44,45)11-8-17(25(43)41-12-27(32,33)28(34,35)13-41)16-4-5-18-22(19(16)29)37-23(36-18)21(15-6-9-26(30,31)10-7-15)38-24(42)20-14(2)39-46-40-20/h4-5,15,17,21H,3,6-13H2,1-2H3,(H,36,37)(H,38,42)/t17-,21-/m0/s1. The van der Waals surface area contributed by atoms with E-state index in [1.54, 1.807) is 0 Å². The maximum absolute atomic E-state index is 16.2. The summed E-state index contributed by atoms with van der Waals surface area (Å²) in [6.45, 7) is -0.508. The Kier molecular flexibility index (Phi) is 9.08. The Labute approximate surface area is 263 Å². The molecule has 3 heterocycles. The number of benzene rings is 1. The van der Waals surface area contributed by atoms with Crippen LogP contribution in [0.1, 0.15) is 78.6 Å². The average Bonchev–Trinajstić information content (AvgIpc) is 3.68. The number of fused-ring (bicyclic) bond motifs is 1. The van der Waals surface area contributed by atoms with Crippen molar-refractivity contribution in [2.45, 2.75) is 75.7 Å². The summed E-state index contributed by atoms with van der Waals surface area (Å²) >= 11 is 0. The number of sulfone groups is 1. The topological polar surface area (TPSA) is 151 Å². The van der Waals surface area contributed by atoms with Crippen LogP contribution in [0.25, 0.3) is 11.0 Å². The Balaban J connectivity index is 1.52. The van der Waals surface area contributed by atoms with Crippen molar-refractivity contribution < 1.29 is 53.4 Å². The molecule has 2 aromatic heterocycles. The van der Waals surface area contributed by atoms with Crippen LogP contribution in [0.4, 0.5) is 30.7 Å². The molecule has 1 saturated heterocycles. The van der Waals surface area contributed by atoms with E-state index >= 15 is 4.39 Å². The zero-order valence-corrected chi connectivity index (χ0v) is 26.0. The highest BCUT2D eigenvalue weighted by Crippen LogP contribution is 2.44. The third-order valence-corrected chi connectivity index (χ3v) is 10.5. The summed E-state index contributed by atoms with van der Waals surface area (Å²) in [5.74, 6) is -18.6. The second kappa shape index (κ2) is 12.4. The Morgan fingerprint density at radius 3 is 2.30 bits per heavy atom. The van der Waals surface area contributed by atoms with Gasteiger partial charge in [-0.05, 0) is 43.3 Å². The molecule has 1 aliphatic carbocycles. The van der Waals surface area contributed by atoms with Crippen molar-refractivity contribution in [1.82, 2.24) is 30.5 Å². The number of nitrogens with zero attached hydrogens (tertiary/aromatic N) is 4. The number of amides is 2. The monoisotopic (exact) mass is 696 g/mol. The molecule has 0 unspecified atom stereocenters. The summed E-state index contributed by atoms with van der Waals surface area (Å²) in [5, 5.41) is 9.76. The van der Waals surface area contributed by atoms with Crippen LogP contribution in [-0.2, 0) is 14.6 Å². The van der Waals surface area contributed by atoms with Gasteiger partial charge in [0.1, 0.15) is 26.9 Å². The van der Waals surface area contributed by atoms with E-state index in [9.17, 15) is 44.3 Å². The van der Waals surface area contributed by atoms with Crippen LogP contribution in [0.5, 0.6) is 0 Å². The molecule has 258 valence electrons. The van der Waals surface area contributed by atoms with Gasteiger partial charge < -0.3 is 15.2 Å². The average molecular weight is 697 g/mol. The molecule has 2 N–H and O–H groups in total. The smallest absolute Gasteiger partial charge is 0.329 e. The molecule has 0 radical (unpaired) electrons. The predicted octanol–water partition coefficient (Wildman–Crippen LogP) is 4.71. The summed E-state index contributed by atoms with van der Waals surface area (Å²) < 4.78 is 129. The van der Waals surface area contributed by atoms with Crippen LogP contribution in [0.15, 0.2) is 16.8 Å². The molecule has 1 aliphatic heterocycles. The Morgan fingerprint density at radius 2 is 1.72 bits per heavy atom. The van der Waals surface area contributed by atoms with Crippen molar-refractivity contribution in [3.05, 3.63) is 40.7 Å². The number of hydrogen-bond acceptors (Lipinski definition) is 8. The van der Waals surface area contributed by atoms with Crippen molar-refractivity contribution in [1.29, 1.82) is 0 Å². The third kappa shape index (κ3) is 6.94. The van der Waals surface area contributed by atoms with E-state index in [0.29, 0.717) is 0 Å². The molecule has 3 aromatic rings. The lowest BCUT2D eigenvalue weighted by atomic mass is 9.81. The second-order valence-corrected chi connectivity index (χ2v) is 14.5. The normalized spacial score (nSPS) is 20.7. The number of aryl methyl sites for hydroxylation is 1. The summed E-state index contributed by atoms with van der Waals surface area (Å²) in [4.78, 5) is 33.8. The second-order valence-electron chi connectivity index (χ2n) is 12.0. The number of rotatable bonds is 10. The minimum atomic E-state index is -4.55. The van der Waals surface area contributed by atoms with Gasteiger partial charge in [0.15, 0.2) is 11.5 Å². The maximum Gasteiger partial charge on any atom is 0.329 e. The van der Waals surface area contributed by atoms with Crippen LogP contribution in [0.3, 0.4) is 0 Å². The molecule has 19 heteroatoms. The van der Waals surface area contributed by atoms with Gasteiger partial charge in [0, 0.05) is 24.2 Å². The van der Waals surface area contributed by atoms with Crippen LogP contribution in [-0.4, -0.2) is 87.8 Å². The van der Waals surface area contributed by atoms with Crippen LogP contribution >= 0.6 is 0 Å². The predicted molar refractivity (Wildman–Crippen MR) is 150 cm³/mol. The maximum atomic E-state index is 16.2. The highest BCUT2D eigenvalue weighted by atomic mass is 32.2. The molecule has 0 spiro atoms. The van der Waals surface area contributed by atoms with Gasteiger partial charge in [-0.3, -0.25) is 9.59 Å². The molecule has 47 heavy (non-hydrogen) atoms. The van der Waals surface area contributed by atoms with E-state index in [4.69, 9.17) is 0 Å². The van der Waals surface area contributed by atoms with Crippen LogP contribution in [0, 0.1) is 18.7 Å². The number of aromatic nitrogens is 4. The first-order chi connectivity index (χ1) is 21.8. The number of alkyl halides is 6. The fourth-order valence-corrected chi connectivity index (χ4v) is 6.83. The Bertz CT molecular complexity index is 1750. The molecule has 2 fully saturated rings. The number of H-pyrrole nitrogens is 1. The minimum Gasteiger partial charge on any atom is -0.340 e. The van der Waals surface area contributed by atoms with Crippen molar-refractivity contribution in [2.75, 3.05) is 24.6 Å². The summed E-state index contributed by atoms with van der Waals surface area (Å²) in [7, 11) is -3.76. The number of imidazole rings is 1. The molecule has 11 nitrogen and oxygen atoms in total. The fourth-order valence-electron chi connectivity index (χ4n) is 5.94. The van der Waals surface area contributed by atoms with Gasteiger partial charge in [0.05, 0.1) is 36.3 Å². The summed E-state index contributed by atoms with van der Waals surface area (Å²) in [6.07, 6.45) is -1.63. The lowest BCUT2D eigenvalue weighted by molar-refractivity contribution is -0.172. The number of carbonyl (C=O) groups is 2. The highest BCUT2D eigenvalue weighted by Gasteiger charge is 2.64. The van der Waals surface area contributed by atoms with Gasteiger partial charge in [-0.1, -0.05) is 18.1 Å². The molecule has 2 atom stereocenters. The first-order valence-electron chi connectivity index (χ1n) is 14.8. The molecular weight excluding hydrogens is 665 g/mol. The molecule has 5 rings (SSSR count). The van der Waals surface area contributed by atoms with E-state index in [1.807, 2.05) is 0 Å². The molecule has 0 bridgehead atoms. The summed E-state index contributed by atoms with van der Waals surface area (Å²) in [6, 6.07) is 1.30.